The zero-order valence-electron chi connectivity index (χ0n) is 22.6. The first kappa shape index (κ1) is 26.5. The summed E-state index contributed by atoms with van der Waals surface area (Å²) in [7, 11) is 1.56. The van der Waals surface area contributed by atoms with Crippen molar-refractivity contribution in [2.24, 2.45) is 11.8 Å². The van der Waals surface area contributed by atoms with E-state index in [2.05, 4.69) is 10.6 Å². The van der Waals surface area contributed by atoms with E-state index < -0.39 is 29.6 Å². The summed E-state index contributed by atoms with van der Waals surface area (Å²) >= 11 is 0. The lowest BCUT2D eigenvalue weighted by atomic mass is 9.74. The Labute approximate surface area is 233 Å². The molecule has 3 amide bonds. The quantitative estimate of drug-likeness (QED) is 0.466. The number of hydrogen-bond acceptors (Lipinski definition) is 6. The van der Waals surface area contributed by atoms with Crippen LogP contribution in [0, 0.1) is 11.8 Å². The van der Waals surface area contributed by atoms with Crippen molar-refractivity contribution in [3.05, 3.63) is 66.7 Å². The number of likely N-dealkylation sites (tertiary alicyclic amines) is 1. The molecule has 0 unspecified atom stereocenters. The molecule has 0 radical (unpaired) electrons. The highest BCUT2D eigenvalue weighted by molar-refractivity contribution is 6.02. The van der Waals surface area contributed by atoms with Crippen molar-refractivity contribution in [3.8, 4) is 11.5 Å². The highest BCUT2D eigenvalue weighted by Gasteiger charge is 2.72. The molecule has 9 heteroatoms. The number of fused-ring (bicyclic) bond motifs is 1. The van der Waals surface area contributed by atoms with Gasteiger partial charge in [-0.1, -0.05) is 49.6 Å². The highest BCUT2D eigenvalue weighted by atomic mass is 16.5. The molecule has 2 N–H and O–H groups in total. The molecule has 0 aromatic heterocycles. The molecule has 3 fully saturated rings. The summed E-state index contributed by atoms with van der Waals surface area (Å²) in [5, 5.41) is 6.14. The second kappa shape index (κ2) is 11.1. The van der Waals surface area contributed by atoms with Gasteiger partial charge in [0.25, 0.3) is 0 Å². The first-order valence-electron chi connectivity index (χ1n) is 14.1. The molecule has 210 valence electrons. The predicted molar refractivity (Wildman–Crippen MR) is 148 cm³/mol. The Morgan fingerprint density at radius 2 is 1.73 bits per heavy atom. The van der Waals surface area contributed by atoms with Crippen LogP contribution < -0.4 is 15.4 Å². The van der Waals surface area contributed by atoms with Gasteiger partial charge in [-0.05, 0) is 49.2 Å². The third-order valence-corrected chi connectivity index (χ3v) is 8.51. The van der Waals surface area contributed by atoms with E-state index in [9.17, 15) is 14.4 Å². The van der Waals surface area contributed by atoms with E-state index in [1.807, 2.05) is 42.5 Å². The van der Waals surface area contributed by atoms with Crippen molar-refractivity contribution < 1.29 is 28.6 Å². The van der Waals surface area contributed by atoms with Gasteiger partial charge in [0, 0.05) is 25.4 Å². The van der Waals surface area contributed by atoms with E-state index in [0.717, 1.165) is 31.4 Å². The maximum absolute atomic E-state index is 13.9. The fourth-order valence-corrected chi connectivity index (χ4v) is 6.68. The van der Waals surface area contributed by atoms with Gasteiger partial charge in [-0.2, -0.15) is 0 Å². The molecule has 3 heterocycles. The molecule has 1 spiro atoms. The fraction of sp³-hybridized carbons (Fsp3) is 0.452. The molecule has 40 heavy (non-hydrogen) atoms. The molecule has 9 nitrogen and oxygen atoms in total. The predicted octanol–water partition coefficient (Wildman–Crippen LogP) is 3.66. The summed E-state index contributed by atoms with van der Waals surface area (Å²) in [5.74, 6) is -0.973. The zero-order chi connectivity index (χ0) is 27.7. The molecule has 4 aliphatic rings. The molecule has 2 saturated heterocycles. The minimum atomic E-state index is -1.18. The number of carbonyl (C=O) groups is 3. The van der Waals surface area contributed by atoms with Crippen LogP contribution in [-0.2, 0) is 23.9 Å². The number of rotatable bonds is 9. The molecule has 1 saturated carbocycles. The number of para-hydroxylation sites is 1. The lowest BCUT2D eigenvalue weighted by Gasteiger charge is -2.34. The van der Waals surface area contributed by atoms with Gasteiger partial charge in [0.15, 0.2) is 0 Å². The zero-order valence-corrected chi connectivity index (χ0v) is 22.6. The molecule has 2 aromatic carbocycles. The van der Waals surface area contributed by atoms with Gasteiger partial charge in [0.1, 0.15) is 23.1 Å². The molecule has 6 rings (SSSR count). The highest BCUT2D eigenvalue weighted by Crippen LogP contribution is 2.55. The maximum atomic E-state index is 13.9. The second-order valence-corrected chi connectivity index (χ2v) is 11.0. The van der Waals surface area contributed by atoms with E-state index in [-0.39, 0.29) is 36.9 Å². The summed E-state index contributed by atoms with van der Waals surface area (Å²) < 4.78 is 17.5. The lowest BCUT2D eigenvalue weighted by molar-refractivity contribution is -0.142. The van der Waals surface area contributed by atoms with Gasteiger partial charge in [0.2, 0.25) is 17.7 Å². The van der Waals surface area contributed by atoms with E-state index in [1.165, 1.54) is 6.42 Å². The number of amides is 3. The van der Waals surface area contributed by atoms with Gasteiger partial charge in [-0.3, -0.25) is 14.4 Å². The van der Waals surface area contributed by atoms with Gasteiger partial charge >= 0.3 is 0 Å². The molecular formula is C31H35N3O6. The molecule has 3 aliphatic heterocycles. The van der Waals surface area contributed by atoms with Crippen molar-refractivity contribution in [2.45, 2.75) is 55.9 Å². The van der Waals surface area contributed by atoms with Crippen LogP contribution in [-0.4, -0.2) is 66.7 Å². The minimum absolute atomic E-state index is 0.0894. The van der Waals surface area contributed by atoms with Crippen molar-refractivity contribution in [2.75, 3.05) is 25.6 Å². The first-order chi connectivity index (χ1) is 19.5. The number of nitrogens with zero attached hydrogens (tertiary/aromatic N) is 1. The van der Waals surface area contributed by atoms with Crippen LogP contribution in [0.25, 0.3) is 0 Å². The van der Waals surface area contributed by atoms with Gasteiger partial charge in [-0.15, -0.1) is 0 Å². The number of nitrogens with one attached hydrogen (secondary N) is 2. The molecule has 5 atom stereocenters. The van der Waals surface area contributed by atoms with E-state index >= 15 is 0 Å². The third kappa shape index (κ3) is 4.77. The summed E-state index contributed by atoms with van der Waals surface area (Å²) in [6.07, 6.45) is 8.27. The monoisotopic (exact) mass is 545 g/mol. The van der Waals surface area contributed by atoms with E-state index in [1.54, 1.807) is 36.3 Å². The molecular weight excluding hydrogens is 510 g/mol. The summed E-state index contributed by atoms with van der Waals surface area (Å²) in [5.41, 5.74) is -0.594. The van der Waals surface area contributed by atoms with Crippen LogP contribution in [0.15, 0.2) is 66.7 Å². The Morgan fingerprint density at radius 3 is 2.45 bits per heavy atom. The first-order valence-corrected chi connectivity index (χ1v) is 14.1. The Hall–Kier alpha value is -3.69. The van der Waals surface area contributed by atoms with Crippen LogP contribution in [0.5, 0.6) is 11.5 Å². The van der Waals surface area contributed by atoms with Crippen molar-refractivity contribution >= 4 is 23.4 Å². The van der Waals surface area contributed by atoms with Gasteiger partial charge < -0.3 is 29.7 Å². The number of ether oxygens (including phenoxy) is 3. The topological polar surface area (TPSA) is 106 Å². The Balaban J connectivity index is 1.20. The summed E-state index contributed by atoms with van der Waals surface area (Å²) in [6, 6.07) is 15.8. The van der Waals surface area contributed by atoms with E-state index in [0.29, 0.717) is 11.4 Å². The SMILES string of the molecule is COCCN1C(=O)[C@H]2[C@@H](C(=O)Nc3ccc(Oc4ccccc4)cc3)[C@H]3C=C[C@@]2(O3)[C@H]1C(=O)NC1CCCCC1. The normalized spacial score (nSPS) is 28.9. The van der Waals surface area contributed by atoms with Gasteiger partial charge in [0.05, 0.1) is 24.5 Å². The number of benzene rings is 2. The maximum Gasteiger partial charge on any atom is 0.246 e. The summed E-state index contributed by atoms with van der Waals surface area (Å²) in [6.45, 7) is 0.526. The Bertz CT molecular complexity index is 1280. The largest absolute Gasteiger partial charge is 0.457 e. The van der Waals surface area contributed by atoms with E-state index in [4.69, 9.17) is 14.2 Å². The number of methoxy groups -OCH3 is 1. The average molecular weight is 546 g/mol. The molecule has 2 aromatic rings. The number of carbonyl (C=O) groups excluding carboxylic acids is 3. The van der Waals surface area contributed by atoms with Crippen molar-refractivity contribution in [1.29, 1.82) is 0 Å². The minimum Gasteiger partial charge on any atom is -0.457 e. The van der Waals surface area contributed by atoms with Crippen LogP contribution in [0.4, 0.5) is 5.69 Å². The Morgan fingerprint density at radius 1 is 1.00 bits per heavy atom. The van der Waals surface area contributed by atoms with Gasteiger partial charge in [-0.25, -0.2) is 0 Å². The van der Waals surface area contributed by atoms with Crippen LogP contribution in [0.3, 0.4) is 0 Å². The van der Waals surface area contributed by atoms with Crippen molar-refractivity contribution in [1.82, 2.24) is 10.2 Å². The smallest absolute Gasteiger partial charge is 0.246 e. The fourth-order valence-electron chi connectivity index (χ4n) is 6.68. The number of hydrogen-bond donors (Lipinski definition) is 2. The lowest BCUT2D eigenvalue weighted by Crippen LogP contribution is -2.57. The second-order valence-electron chi connectivity index (χ2n) is 11.0. The average Bonchev–Trinajstić information content (AvgIpc) is 3.61. The molecule has 1 aliphatic carbocycles. The van der Waals surface area contributed by atoms with Crippen molar-refractivity contribution in [3.63, 3.8) is 0 Å². The number of anilines is 1. The van der Waals surface area contributed by atoms with Crippen LogP contribution in [0.2, 0.25) is 0 Å². The van der Waals surface area contributed by atoms with Crippen LogP contribution >= 0.6 is 0 Å². The summed E-state index contributed by atoms with van der Waals surface area (Å²) in [4.78, 5) is 42.7. The molecule has 2 bridgehead atoms. The third-order valence-electron chi connectivity index (χ3n) is 8.51. The Kier molecular flexibility index (Phi) is 7.33. The standard InChI is InChI=1S/C31H35N3O6/c1-38-19-18-34-27(29(36)33-20-8-4-2-5-9-20)31-17-16-24(40-31)25(26(31)30(34)37)28(35)32-21-12-14-23(15-13-21)39-22-10-6-3-7-11-22/h3,6-7,10-17,20,24-27H,2,4-5,8-9,18-19H2,1H3,(H,32,35)(H,33,36)/t24-,25+,26-,27-,31+/m1/s1. The van der Waals surface area contributed by atoms with Crippen LogP contribution in [0.1, 0.15) is 32.1 Å².